The molecule has 0 spiro atoms. The number of ketones is 1. The van der Waals surface area contributed by atoms with Crippen molar-refractivity contribution in [1.29, 1.82) is 0 Å². The monoisotopic (exact) mass is 254 g/mol. The van der Waals surface area contributed by atoms with Crippen molar-refractivity contribution < 1.29 is 14.6 Å². The van der Waals surface area contributed by atoms with Crippen LogP contribution in [-0.2, 0) is 0 Å². The molecule has 1 N–H and O–H groups in total. The summed E-state index contributed by atoms with van der Waals surface area (Å²) in [6.45, 7) is 1.86. The molecule has 3 heteroatoms. The van der Waals surface area contributed by atoms with E-state index in [1.54, 1.807) is 12.1 Å². The lowest BCUT2D eigenvalue weighted by Crippen LogP contribution is -2.20. The molecule has 0 saturated heterocycles. The van der Waals surface area contributed by atoms with Crippen LogP contribution in [0.5, 0.6) is 11.5 Å². The molecule has 96 valence electrons. The van der Waals surface area contributed by atoms with Crippen molar-refractivity contribution in [2.75, 3.05) is 0 Å². The number of aryl methyl sites for hydroxylation is 1. The summed E-state index contributed by atoms with van der Waals surface area (Å²) >= 11 is 0. The molecule has 0 saturated carbocycles. The van der Waals surface area contributed by atoms with Crippen LogP contribution >= 0.6 is 0 Å². The van der Waals surface area contributed by atoms with Crippen molar-refractivity contribution in [1.82, 2.24) is 0 Å². The van der Waals surface area contributed by atoms with E-state index in [9.17, 15) is 9.90 Å². The summed E-state index contributed by atoms with van der Waals surface area (Å²) in [6, 6.07) is 13.0. The number of aromatic hydroxyl groups is 1. The normalized spacial score (nSPS) is 17.7. The first-order valence-corrected chi connectivity index (χ1v) is 6.23. The molecule has 2 aromatic rings. The van der Waals surface area contributed by atoms with Gasteiger partial charge in [-0.3, -0.25) is 4.79 Å². The number of Topliss-reactive ketones (excluding diaryl/α,β-unsaturated/α-hetero) is 1. The van der Waals surface area contributed by atoms with Gasteiger partial charge in [-0.05, 0) is 30.2 Å². The lowest BCUT2D eigenvalue weighted by molar-refractivity contribution is 0.0845. The van der Waals surface area contributed by atoms with Gasteiger partial charge >= 0.3 is 0 Å². The van der Waals surface area contributed by atoms with E-state index in [4.69, 9.17) is 4.74 Å². The van der Waals surface area contributed by atoms with Crippen LogP contribution in [0, 0.1) is 6.92 Å². The lowest BCUT2D eigenvalue weighted by Gasteiger charge is -2.26. The summed E-state index contributed by atoms with van der Waals surface area (Å²) in [5.41, 5.74) is 2.15. The van der Waals surface area contributed by atoms with Crippen molar-refractivity contribution in [2.24, 2.45) is 0 Å². The summed E-state index contributed by atoms with van der Waals surface area (Å²) in [7, 11) is 0. The molecule has 2 aromatic carbocycles. The maximum Gasteiger partial charge on any atom is 0.174 e. The highest BCUT2D eigenvalue weighted by atomic mass is 16.5. The third-order valence-electron chi connectivity index (χ3n) is 3.32. The molecule has 0 aliphatic carbocycles. The molecule has 0 bridgehead atoms. The van der Waals surface area contributed by atoms with Crippen molar-refractivity contribution in [3.8, 4) is 11.5 Å². The van der Waals surface area contributed by atoms with Gasteiger partial charge < -0.3 is 9.84 Å². The van der Waals surface area contributed by atoms with Gasteiger partial charge in [-0.2, -0.15) is 0 Å². The maximum atomic E-state index is 12.2. The number of phenols is 1. The van der Waals surface area contributed by atoms with E-state index in [1.807, 2.05) is 37.3 Å². The minimum atomic E-state index is -0.276. The van der Waals surface area contributed by atoms with Crippen LogP contribution in [0.2, 0.25) is 0 Å². The molecule has 1 unspecified atom stereocenters. The molecule has 1 heterocycles. The predicted molar refractivity (Wildman–Crippen MR) is 71.6 cm³/mol. The average molecular weight is 254 g/mol. The van der Waals surface area contributed by atoms with Crippen LogP contribution in [0.25, 0.3) is 0 Å². The Morgan fingerprint density at radius 2 is 1.95 bits per heavy atom. The molecular weight excluding hydrogens is 240 g/mol. The van der Waals surface area contributed by atoms with E-state index in [-0.39, 0.29) is 24.1 Å². The van der Waals surface area contributed by atoms with E-state index in [2.05, 4.69) is 0 Å². The molecule has 3 nitrogen and oxygen atoms in total. The average Bonchev–Trinajstić information content (AvgIpc) is 2.38. The van der Waals surface area contributed by atoms with E-state index < -0.39 is 0 Å². The Morgan fingerprint density at radius 3 is 2.68 bits per heavy atom. The second kappa shape index (κ2) is 4.43. The number of carbonyl (C=O) groups excluding carboxylic acids is 1. The van der Waals surface area contributed by atoms with Gasteiger partial charge in [0.05, 0.1) is 6.42 Å². The molecule has 0 aromatic heterocycles. The first-order chi connectivity index (χ1) is 9.15. The highest BCUT2D eigenvalue weighted by molar-refractivity contribution is 6.02. The minimum absolute atomic E-state index is 0.00603. The third-order valence-corrected chi connectivity index (χ3v) is 3.32. The van der Waals surface area contributed by atoms with Crippen LogP contribution < -0.4 is 4.74 Å². The fourth-order valence-corrected chi connectivity index (χ4v) is 2.43. The molecule has 0 fully saturated rings. The molecule has 1 aliphatic heterocycles. The summed E-state index contributed by atoms with van der Waals surface area (Å²) in [5, 5.41) is 9.86. The molecule has 0 radical (unpaired) electrons. The number of hydrogen-bond donors (Lipinski definition) is 1. The zero-order valence-electron chi connectivity index (χ0n) is 10.6. The number of fused-ring (bicyclic) bond motifs is 1. The van der Waals surface area contributed by atoms with Gasteiger partial charge in [0.1, 0.15) is 23.2 Å². The summed E-state index contributed by atoms with van der Waals surface area (Å²) in [4.78, 5) is 12.2. The Bertz CT molecular complexity index is 632. The van der Waals surface area contributed by atoms with Gasteiger partial charge in [0, 0.05) is 0 Å². The lowest BCUT2D eigenvalue weighted by atomic mass is 9.95. The van der Waals surface area contributed by atoms with E-state index >= 15 is 0 Å². The second-order valence-electron chi connectivity index (χ2n) is 4.80. The number of carbonyl (C=O) groups is 1. The van der Waals surface area contributed by atoms with Crippen molar-refractivity contribution in [3.05, 3.63) is 59.2 Å². The first-order valence-electron chi connectivity index (χ1n) is 6.23. The number of hydrogen-bond acceptors (Lipinski definition) is 3. The molecule has 3 rings (SSSR count). The highest BCUT2D eigenvalue weighted by Crippen LogP contribution is 2.39. The van der Waals surface area contributed by atoms with Crippen molar-refractivity contribution in [2.45, 2.75) is 19.4 Å². The Morgan fingerprint density at radius 1 is 1.21 bits per heavy atom. The zero-order valence-corrected chi connectivity index (χ0v) is 10.6. The zero-order chi connectivity index (χ0) is 13.4. The second-order valence-corrected chi connectivity index (χ2v) is 4.80. The van der Waals surface area contributed by atoms with E-state index in [0.717, 1.165) is 11.1 Å². The Balaban J connectivity index is 2.03. The van der Waals surface area contributed by atoms with Crippen LogP contribution in [0.3, 0.4) is 0 Å². The van der Waals surface area contributed by atoms with Gasteiger partial charge in [-0.1, -0.05) is 30.3 Å². The summed E-state index contributed by atoms with van der Waals surface area (Å²) < 4.78 is 5.87. The van der Waals surface area contributed by atoms with E-state index in [0.29, 0.717) is 11.3 Å². The predicted octanol–water partition coefficient (Wildman–Crippen LogP) is 3.41. The van der Waals surface area contributed by atoms with Crippen molar-refractivity contribution in [3.63, 3.8) is 0 Å². The van der Waals surface area contributed by atoms with Gasteiger partial charge in [0.2, 0.25) is 0 Å². The Kier molecular flexibility index (Phi) is 2.75. The van der Waals surface area contributed by atoms with Gasteiger partial charge in [0.25, 0.3) is 0 Å². The van der Waals surface area contributed by atoms with E-state index in [1.165, 1.54) is 0 Å². The van der Waals surface area contributed by atoms with Gasteiger partial charge in [-0.25, -0.2) is 0 Å². The standard InChI is InChI=1S/C16H14O3/c1-10-7-12(17)16-13(18)9-14(19-15(16)8-10)11-5-3-2-4-6-11/h2-8,14,17H,9H2,1H3. The maximum absolute atomic E-state index is 12.2. The number of benzene rings is 2. The fourth-order valence-electron chi connectivity index (χ4n) is 2.43. The van der Waals surface area contributed by atoms with Crippen LogP contribution in [-0.4, -0.2) is 10.9 Å². The molecular formula is C16H14O3. The van der Waals surface area contributed by atoms with Crippen LogP contribution in [0.1, 0.15) is 34.0 Å². The number of ether oxygens (including phenoxy) is 1. The van der Waals surface area contributed by atoms with Gasteiger partial charge in [0.15, 0.2) is 5.78 Å². The highest BCUT2D eigenvalue weighted by Gasteiger charge is 2.30. The minimum Gasteiger partial charge on any atom is -0.507 e. The Labute approximate surface area is 111 Å². The molecule has 1 atom stereocenters. The van der Waals surface area contributed by atoms with Crippen molar-refractivity contribution >= 4 is 5.78 Å². The fraction of sp³-hybridized carbons (Fsp3) is 0.188. The SMILES string of the molecule is Cc1cc(O)c2c(c1)OC(c1ccccc1)CC2=O. The number of phenolic OH excluding ortho intramolecular Hbond substituents is 1. The van der Waals surface area contributed by atoms with Crippen LogP contribution in [0.15, 0.2) is 42.5 Å². The Hall–Kier alpha value is -2.29. The molecule has 0 amide bonds. The molecule has 19 heavy (non-hydrogen) atoms. The molecule has 1 aliphatic rings. The first kappa shape index (κ1) is 11.8. The summed E-state index contributed by atoms with van der Waals surface area (Å²) in [6.07, 6.45) is -0.0180. The smallest absolute Gasteiger partial charge is 0.174 e. The quantitative estimate of drug-likeness (QED) is 0.848. The third kappa shape index (κ3) is 2.08. The largest absolute Gasteiger partial charge is 0.507 e. The van der Waals surface area contributed by atoms with Gasteiger partial charge in [-0.15, -0.1) is 0 Å². The number of rotatable bonds is 1. The topological polar surface area (TPSA) is 46.5 Å². The van der Waals surface area contributed by atoms with Crippen LogP contribution in [0.4, 0.5) is 0 Å². The summed E-state index contributed by atoms with van der Waals surface area (Å²) in [5.74, 6) is 0.404.